The van der Waals surface area contributed by atoms with Crippen LogP contribution in [0.3, 0.4) is 0 Å². The number of aliphatic hydroxyl groups excluding tert-OH is 5. The molecule has 20 heteroatoms. The van der Waals surface area contributed by atoms with E-state index in [-0.39, 0.29) is 6.54 Å². The Morgan fingerprint density at radius 2 is 0.791 bits per heavy atom. The maximum Gasteiger partial charge on any atom is 0.245 e. The summed E-state index contributed by atoms with van der Waals surface area (Å²) in [7, 11) is 0. The van der Waals surface area contributed by atoms with Crippen molar-refractivity contribution >= 4 is 47.1 Å². The summed E-state index contributed by atoms with van der Waals surface area (Å²) in [5, 5.41) is 61.3. The molecule has 0 aromatic heterocycles. The molecule has 0 aliphatic carbocycles. The van der Waals surface area contributed by atoms with Gasteiger partial charge >= 0.3 is 0 Å². The summed E-state index contributed by atoms with van der Waals surface area (Å²) in [6.07, 6.45) is 0. The van der Waals surface area contributed by atoms with E-state index in [9.17, 15) is 58.8 Å². The minimum atomic E-state index is -1.66. The molecule has 0 aliphatic rings. The molecule has 20 nitrogen and oxygen atoms in total. The topological polar surface area (TPSA) is 322 Å². The fourth-order valence-corrected chi connectivity index (χ4v) is 2.86. The van der Waals surface area contributed by atoms with Crippen LogP contribution in [-0.2, 0) is 38.4 Å². The van der Waals surface area contributed by atoms with Crippen molar-refractivity contribution in [2.24, 2.45) is 5.92 Å². The predicted octanol–water partition coefficient (Wildman–Crippen LogP) is -8.54. The SMILES string of the molecule is CC(=O)CNC(=O)[C@H](CO)NC(=O)[C@H](CO)NC(=O)CNC(=O)[C@H](CO)NC(=O)[C@H](CO)NC(=O)CNC(=O)[C@@H](C)CO. The number of carbonyl (C=O) groups is 8. The third-order valence-electron chi connectivity index (χ3n) is 5.38. The number of rotatable bonds is 20. The molecular formula is C23H39N7O13. The zero-order valence-electron chi connectivity index (χ0n) is 23.5. The van der Waals surface area contributed by atoms with E-state index in [1.54, 1.807) is 0 Å². The van der Waals surface area contributed by atoms with Crippen LogP contribution in [0.4, 0.5) is 0 Å². The smallest absolute Gasteiger partial charge is 0.245 e. The number of nitrogens with one attached hydrogen (secondary N) is 7. The molecule has 0 radical (unpaired) electrons. The number of Topliss-reactive ketones (excluding diaryl/α,β-unsaturated/α-hetero) is 1. The first-order valence-corrected chi connectivity index (χ1v) is 12.8. The highest BCUT2D eigenvalue weighted by atomic mass is 16.3. The molecule has 0 aromatic carbocycles. The molecule has 0 spiro atoms. The van der Waals surface area contributed by atoms with Crippen molar-refractivity contribution in [3.05, 3.63) is 0 Å². The molecule has 0 aromatic rings. The molecule has 0 bridgehead atoms. The van der Waals surface area contributed by atoms with Gasteiger partial charge in [-0.25, -0.2) is 0 Å². The predicted molar refractivity (Wildman–Crippen MR) is 142 cm³/mol. The number of carbonyl (C=O) groups excluding carboxylic acids is 8. The number of aliphatic hydroxyl groups is 5. The number of amides is 7. The Kier molecular flexibility index (Phi) is 18.6. The van der Waals surface area contributed by atoms with E-state index in [0.717, 1.165) is 0 Å². The van der Waals surface area contributed by atoms with Gasteiger partial charge in [-0.2, -0.15) is 0 Å². The normalized spacial score (nSPS) is 14.0. The summed E-state index contributed by atoms with van der Waals surface area (Å²) in [5.74, 6) is -7.92. The summed E-state index contributed by atoms with van der Waals surface area (Å²) in [6, 6.07) is -6.39. The van der Waals surface area contributed by atoms with Gasteiger partial charge in [-0.15, -0.1) is 0 Å². The zero-order chi connectivity index (χ0) is 33.1. The standard InChI is InChI=1S/C23H39N7O13/c1-11(6-31)19(39)25-4-17(37)27-15(9-34)23(43)30-14(8-33)21(41)26-5-18(38)28-16(10-35)22(42)29-13(7-32)20(40)24-3-12(2)36/h11,13-16,31-35H,3-10H2,1-2H3,(H,24,40)(H,25,39)(H,26,41)(H,27,37)(H,28,38)(H,29,42)(H,30,43)/t11-,13-,14-,15-,16-/m0/s1. The lowest BCUT2D eigenvalue weighted by atomic mass is 10.2. The first-order chi connectivity index (χ1) is 20.2. The van der Waals surface area contributed by atoms with Gasteiger partial charge in [0.15, 0.2) is 0 Å². The van der Waals surface area contributed by atoms with Crippen molar-refractivity contribution < 1.29 is 63.9 Å². The van der Waals surface area contributed by atoms with Crippen molar-refractivity contribution in [1.29, 1.82) is 0 Å². The zero-order valence-corrected chi connectivity index (χ0v) is 23.5. The molecule has 0 unspecified atom stereocenters. The van der Waals surface area contributed by atoms with Gasteiger partial charge in [0.05, 0.1) is 58.6 Å². The van der Waals surface area contributed by atoms with E-state index in [2.05, 4.69) is 37.2 Å². The molecule has 0 heterocycles. The van der Waals surface area contributed by atoms with E-state index in [1.165, 1.54) is 13.8 Å². The molecule has 0 rings (SSSR count). The van der Waals surface area contributed by atoms with Gasteiger partial charge in [0.25, 0.3) is 0 Å². The summed E-state index contributed by atoms with van der Waals surface area (Å²) in [6.45, 7) is -3.36. The van der Waals surface area contributed by atoms with Crippen LogP contribution < -0.4 is 37.2 Å². The van der Waals surface area contributed by atoms with Crippen LogP contribution in [-0.4, -0.2) is 150 Å². The second-order valence-corrected chi connectivity index (χ2v) is 9.03. The molecule has 0 saturated carbocycles. The Balaban J connectivity index is 4.92. The average molecular weight is 622 g/mol. The summed E-state index contributed by atoms with van der Waals surface area (Å²) < 4.78 is 0. The summed E-state index contributed by atoms with van der Waals surface area (Å²) in [4.78, 5) is 95.8. The van der Waals surface area contributed by atoms with Crippen LogP contribution in [0.2, 0.25) is 0 Å². The van der Waals surface area contributed by atoms with Gasteiger partial charge in [0, 0.05) is 0 Å². The van der Waals surface area contributed by atoms with Gasteiger partial charge in [-0.1, -0.05) is 6.92 Å². The fraction of sp³-hybridized carbons (Fsp3) is 0.652. The number of ketones is 1. The Hall–Kier alpha value is -4.24. The Labute approximate surface area is 245 Å². The Morgan fingerprint density at radius 1 is 0.465 bits per heavy atom. The van der Waals surface area contributed by atoms with Crippen LogP contribution in [0.15, 0.2) is 0 Å². The van der Waals surface area contributed by atoms with Gasteiger partial charge < -0.3 is 62.8 Å². The third-order valence-corrected chi connectivity index (χ3v) is 5.38. The first kappa shape index (κ1) is 38.8. The van der Waals surface area contributed by atoms with Crippen molar-refractivity contribution in [2.45, 2.75) is 38.0 Å². The van der Waals surface area contributed by atoms with Crippen molar-refractivity contribution in [1.82, 2.24) is 37.2 Å². The quantitative estimate of drug-likeness (QED) is 0.0601. The lowest BCUT2D eigenvalue weighted by Crippen LogP contribution is -2.58. The molecule has 0 aliphatic heterocycles. The maximum absolute atomic E-state index is 12.4. The third kappa shape index (κ3) is 15.0. The van der Waals surface area contributed by atoms with E-state index < -0.39 is 123 Å². The van der Waals surface area contributed by atoms with Crippen molar-refractivity contribution in [3.8, 4) is 0 Å². The van der Waals surface area contributed by atoms with Crippen LogP contribution in [0.25, 0.3) is 0 Å². The molecule has 12 N–H and O–H groups in total. The van der Waals surface area contributed by atoms with Crippen LogP contribution in [0, 0.1) is 5.92 Å². The largest absolute Gasteiger partial charge is 0.396 e. The van der Waals surface area contributed by atoms with E-state index >= 15 is 0 Å². The maximum atomic E-state index is 12.4. The van der Waals surface area contributed by atoms with Crippen molar-refractivity contribution in [3.63, 3.8) is 0 Å². The van der Waals surface area contributed by atoms with Gasteiger partial charge in [0.1, 0.15) is 30.0 Å². The van der Waals surface area contributed by atoms with Gasteiger partial charge in [-0.05, 0) is 6.92 Å². The van der Waals surface area contributed by atoms with Crippen molar-refractivity contribution in [2.75, 3.05) is 52.7 Å². The lowest BCUT2D eigenvalue weighted by molar-refractivity contribution is -0.135. The molecule has 0 fully saturated rings. The lowest BCUT2D eigenvalue weighted by Gasteiger charge is -2.22. The Bertz CT molecular complexity index is 1010. The van der Waals surface area contributed by atoms with Crippen LogP contribution in [0.5, 0.6) is 0 Å². The second-order valence-electron chi connectivity index (χ2n) is 9.03. The molecule has 5 atom stereocenters. The molecule has 0 saturated heterocycles. The monoisotopic (exact) mass is 621 g/mol. The first-order valence-electron chi connectivity index (χ1n) is 12.8. The van der Waals surface area contributed by atoms with E-state index in [0.29, 0.717) is 0 Å². The molecular weight excluding hydrogens is 582 g/mol. The van der Waals surface area contributed by atoms with Gasteiger partial charge in [0.2, 0.25) is 41.4 Å². The summed E-state index contributed by atoms with van der Waals surface area (Å²) in [5.41, 5.74) is 0. The highest BCUT2D eigenvalue weighted by Crippen LogP contribution is 1.93. The minimum absolute atomic E-state index is 0.360. The summed E-state index contributed by atoms with van der Waals surface area (Å²) >= 11 is 0. The number of hydrogen-bond acceptors (Lipinski definition) is 13. The Morgan fingerprint density at radius 3 is 1.12 bits per heavy atom. The molecule has 244 valence electrons. The fourth-order valence-electron chi connectivity index (χ4n) is 2.86. The average Bonchev–Trinajstić information content (AvgIpc) is 2.99. The van der Waals surface area contributed by atoms with Crippen LogP contribution >= 0.6 is 0 Å². The highest BCUT2D eigenvalue weighted by Gasteiger charge is 2.28. The molecule has 7 amide bonds. The van der Waals surface area contributed by atoms with E-state index in [1.807, 2.05) is 0 Å². The van der Waals surface area contributed by atoms with Gasteiger partial charge in [-0.3, -0.25) is 38.4 Å². The van der Waals surface area contributed by atoms with Crippen LogP contribution in [0.1, 0.15) is 13.8 Å². The second kappa shape index (κ2) is 20.6. The number of hydrogen-bond donors (Lipinski definition) is 12. The van der Waals surface area contributed by atoms with E-state index in [4.69, 9.17) is 5.11 Å². The highest BCUT2D eigenvalue weighted by molar-refractivity contribution is 5.96. The molecule has 43 heavy (non-hydrogen) atoms. The minimum Gasteiger partial charge on any atom is -0.396 e.